The first-order chi connectivity index (χ1) is 15.8. The molecule has 0 aliphatic heterocycles. The number of hydrogen-bond donors (Lipinski definition) is 4. The van der Waals surface area contributed by atoms with E-state index in [4.69, 9.17) is 0 Å². The molecule has 3 rings (SSSR count). The maximum Gasteiger partial charge on any atom is 0.157 e. The minimum atomic E-state index is -0.878. The van der Waals surface area contributed by atoms with Crippen LogP contribution in [0.1, 0.15) is 106 Å². The van der Waals surface area contributed by atoms with Crippen molar-refractivity contribution >= 4 is 12.6 Å². The van der Waals surface area contributed by atoms with Gasteiger partial charge in [0, 0.05) is 17.4 Å². The molecule has 3 unspecified atom stereocenters. The highest BCUT2D eigenvalue weighted by Gasteiger charge is 2.50. The summed E-state index contributed by atoms with van der Waals surface area (Å²) < 4.78 is 0. The number of aliphatic hydroxyl groups is 1. The maximum atomic E-state index is 11.7. The van der Waals surface area contributed by atoms with Gasteiger partial charge in [-0.05, 0) is 69.1 Å². The zero-order valence-corrected chi connectivity index (χ0v) is 21.3. The summed E-state index contributed by atoms with van der Waals surface area (Å²) in [5.41, 5.74) is -0.724. The molecule has 2 aliphatic carbocycles. The average Bonchev–Trinajstić information content (AvgIpc) is 2.95. The molecule has 1 saturated carbocycles. The first kappa shape index (κ1) is 26.3. The van der Waals surface area contributed by atoms with Crippen LogP contribution in [0.5, 0.6) is 17.2 Å². The van der Waals surface area contributed by atoms with E-state index < -0.39 is 34.2 Å². The number of hydrogen-bond acceptors (Lipinski definition) is 6. The lowest BCUT2D eigenvalue weighted by atomic mass is 9.64. The van der Waals surface area contributed by atoms with Gasteiger partial charge in [0.05, 0.1) is 16.7 Å². The second-order valence-electron chi connectivity index (χ2n) is 11.7. The van der Waals surface area contributed by atoms with Gasteiger partial charge in [-0.25, -0.2) is 0 Å². The first-order valence-electron chi connectivity index (χ1n) is 12.4. The van der Waals surface area contributed by atoms with Crippen LogP contribution in [0, 0.1) is 29.1 Å². The molecule has 0 bridgehead atoms. The van der Waals surface area contributed by atoms with Gasteiger partial charge in [0.1, 0.15) is 17.2 Å². The smallest absolute Gasteiger partial charge is 0.157 e. The van der Waals surface area contributed by atoms with Gasteiger partial charge < -0.3 is 20.4 Å². The van der Waals surface area contributed by atoms with Crippen molar-refractivity contribution in [2.24, 2.45) is 29.1 Å². The summed E-state index contributed by atoms with van der Waals surface area (Å²) in [6.45, 7) is 12.2. The summed E-state index contributed by atoms with van der Waals surface area (Å²) in [6, 6.07) is 0. The van der Waals surface area contributed by atoms with E-state index in [1.54, 1.807) is 0 Å². The number of fused-ring (bicyclic) bond motifs is 1. The number of rotatable bonds is 7. The molecule has 1 fully saturated rings. The summed E-state index contributed by atoms with van der Waals surface area (Å²) >= 11 is 0. The summed E-state index contributed by atoms with van der Waals surface area (Å²) in [6.07, 6.45) is 7.14. The average molecular weight is 473 g/mol. The lowest BCUT2D eigenvalue weighted by Crippen LogP contribution is -2.31. The normalized spacial score (nSPS) is 28.2. The number of benzene rings is 1. The Morgan fingerprint density at radius 2 is 1.59 bits per heavy atom. The third-order valence-electron chi connectivity index (χ3n) is 8.53. The van der Waals surface area contributed by atoms with Crippen LogP contribution in [-0.4, -0.2) is 38.6 Å². The third-order valence-corrected chi connectivity index (χ3v) is 8.53. The predicted octanol–water partition coefficient (Wildman–Crippen LogP) is 5.72. The van der Waals surface area contributed by atoms with Crippen molar-refractivity contribution in [2.45, 2.75) is 85.2 Å². The van der Waals surface area contributed by atoms with Crippen LogP contribution in [0.2, 0.25) is 0 Å². The molecule has 0 radical (unpaired) electrons. The molecule has 0 amide bonds. The van der Waals surface area contributed by atoms with E-state index in [0.717, 1.165) is 25.7 Å². The number of carbonyl (C=O) groups is 2. The van der Waals surface area contributed by atoms with Crippen molar-refractivity contribution in [3.63, 3.8) is 0 Å². The highest BCUT2D eigenvalue weighted by atomic mass is 16.3. The fraction of sp³-hybridized carbons (Fsp3) is 0.643. The molecular formula is C28H40O6. The lowest BCUT2D eigenvalue weighted by molar-refractivity contribution is 0.0318. The van der Waals surface area contributed by atoms with Gasteiger partial charge in [-0.15, -0.1) is 0 Å². The molecule has 6 heteroatoms. The number of phenols is 3. The molecule has 0 heterocycles. The van der Waals surface area contributed by atoms with Crippen molar-refractivity contribution in [2.75, 3.05) is 0 Å². The molecule has 1 aromatic rings. The number of aromatic hydroxyl groups is 3. The van der Waals surface area contributed by atoms with Gasteiger partial charge in [-0.1, -0.05) is 39.3 Å². The Bertz CT molecular complexity index is 951. The molecule has 0 aromatic heterocycles. The number of carbonyl (C=O) groups excluding carboxylic acids is 2. The second kappa shape index (κ2) is 9.37. The highest BCUT2D eigenvalue weighted by molar-refractivity contribution is 5.95. The van der Waals surface area contributed by atoms with E-state index >= 15 is 0 Å². The molecule has 5 atom stereocenters. The largest absolute Gasteiger partial charge is 0.507 e. The van der Waals surface area contributed by atoms with Crippen molar-refractivity contribution in [3.05, 3.63) is 28.3 Å². The Morgan fingerprint density at radius 1 is 1.03 bits per heavy atom. The Hall–Kier alpha value is -2.34. The number of aldehydes is 2. The molecular weight excluding hydrogens is 432 g/mol. The standard InChI is InChI=1S/C28H40O6/c1-15(2)11-22(23-25(32)19(13-29)24(31)20(14-30)26(23)33)28(6)10-9-18-16(3)7-8-17(12-21(18)28)27(4,5)34/h12-18,22,31-34H,7-11H2,1-6H3/t16?,17?,18-,22?,28+/m1/s1. The molecule has 188 valence electrons. The number of phenolic OH excluding ortho intramolecular Hbond substituents is 3. The van der Waals surface area contributed by atoms with Gasteiger partial charge in [-0.2, -0.15) is 0 Å². The Kier molecular flexibility index (Phi) is 7.24. The first-order valence-corrected chi connectivity index (χ1v) is 12.4. The van der Waals surface area contributed by atoms with Crippen molar-refractivity contribution in [3.8, 4) is 17.2 Å². The van der Waals surface area contributed by atoms with Crippen LogP contribution < -0.4 is 0 Å². The van der Waals surface area contributed by atoms with Crippen LogP contribution in [0.15, 0.2) is 11.6 Å². The van der Waals surface area contributed by atoms with E-state index in [9.17, 15) is 30.0 Å². The topological polar surface area (TPSA) is 115 Å². The molecule has 0 saturated heterocycles. The van der Waals surface area contributed by atoms with Gasteiger partial charge in [0.15, 0.2) is 12.6 Å². The van der Waals surface area contributed by atoms with Crippen molar-refractivity contribution in [1.82, 2.24) is 0 Å². The third kappa shape index (κ3) is 4.37. The summed E-state index contributed by atoms with van der Waals surface area (Å²) in [5, 5.41) is 43.4. The summed E-state index contributed by atoms with van der Waals surface area (Å²) in [4.78, 5) is 23.5. The molecule has 0 spiro atoms. The SMILES string of the molecule is CC(C)CC(c1c(O)c(C=O)c(O)c(C=O)c1O)[C@@]1(C)CC[C@H]2C1=CC(C(C)(C)O)CCC2C. The van der Waals surface area contributed by atoms with Gasteiger partial charge >= 0.3 is 0 Å². The zero-order chi connectivity index (χ0) is 25.6. The fourth-order valence-electron chi connectivity index (χ4n) is 6.45. The molecule has 2 aliphatic rings. The molecule has 4 N–H and O–H groups in total. The lowest BCUT2D eigenvalue weighted by Gasteiger charge is -2.40. The van der Waals surface area contributed by atoms with E-state index in [1.165, 1.54) is 5.57 Å². The summed E-state index contributed by atoms with van der Waals surface area (Å²) in [7, 11) is 0. The van der Waals surface area contributed by atoms with Gasteiger partial charge in [0.25, 0.3) is 0 Å². The van der Waals surface area contributed by atoms with Crippen LogP contribution >= 0.6 is 0 Å². The van der Waals surface area contributed by atoms with Crippen molar-refractivity contribution in [1.29, 1.82) is 0 Å². The Morgan fingerprint density at radius 3 is 2.06 bits per heavy atom. The van der Waals surface area contributed by atoms with Crippen LogP contribution in [0.25, 0.3) is 0 Å². The Balaban J connectivity index is 2.30. The van der Waals surface area contributed by atoms with Crippen LogP contribution in [0.3, 0.4) is 0 Å². The van der Waals surface area contributed by atoms with E-state index in [-0.39, 0.29) is 28.5 Å². The van der Waals surface area contributed by atoms with Crippen molar-refractivity contribution < 1.29 is 30.0 Å². The maximum absolute atomic E-state index is 11.7. The van der Waals surface area contributed by atoms with Gasteiger partial charge in [0.2, 0.25) is 0 Å². The van der Waals surface area contributed by atoms with Gasteiger partial charge in [-0.3, -0.25) is 9.59 Å². The molecule has 6 nitrogen and oxygen atoms in total. The van der Waals surface area contributed by atoms with E-state index in [1.807, 2.05) is 13.8 Å². The van der Waals surface area contributed by atoms with Crippen LogP contribution in [-0.2, 0) is 0 Å². The molecule has 34 heavy (non-hydrogen) atoms. The predicted molar refractivity (Wildman–Crippen MR) is 132 cm³/mol. The Labute approximate surface area is 202 Å². The van der Waals surface area contributed by atoms with Crippen LogP contribution in [0.4, 0.5) is 0 Å². The fourth-order valence-corrected chi connectivity index (χ4v) is 6.45. The van der Waals surface area contributed by atoms with E-state index in [0.29, 0.717) is 30.8 Å². The molecule has 1 aromatic carbocycles. The minimum Gasteiger partial charge on any atom is -0.507 e. The zero-order valence-electron chi connectivity index (χ0n) is 21.3. The minimum absolute atomic E-state index is 0.0230. The van der Waals surface area contributed by atoms with E-state index in [2.05, 4.69) is 33.8 Å². The highest BCUT2D eigenvalue weighted by Crippen LogP contribution is 2.62. The number of allylic oxidation sites excluding steroid dienone is 1. The quantitative estimate of drug-likeness (QED) is 0.298. The monoisotopic (exact) mass is 472 g/mol. The second-order valence-corrected chi connectivity index (χ2v) is 11.7. The summed E-state index contributed by atoms with van der Waals surface area (Å²) in [5.74, 6) is -1.10.